The smallest absolute Gasteiger partial charge is 0.338 e. The molecule has 0 heterocycles. The molecule has 0 aromatic rings. The van der Waals surface area contributed by atoms with Crippen molar-refractivity contribution in [3.63, 3.8) is 0 Å². The molecule has 0 saturated carbocycles. The first-order valence-electron chi connectivity index (χ1n) is 5.52. The second-order valence-electron chi connectivity index (χ2n) is 3.43. The lowest BCUT2D eigenvalue weighted by Crippen LogP contribution is -2.15. The molecule has 2 N–H and O–H groups in total. The van der Waals surface area contributed by atoms with Crippen molar-refractivity contribution < 1.29 is 48.5 Å². The molecular formula is C12H10O10. The Labute approximate surface area is 122 Å². The van der Waals surface area contributed by atoms with Crippen molar-refractivity contribution in [1.82, 2.24) is 0 Å². The first kappa shape index (κ1) is 18.7. The lowest BCUT2D eigenvalue weighted by molar-refractivity contribution is -0.161. The molecule has 0 amide bonds. The summed E-state index contributed by atoms with van der Waals surface area (Å²) in [6, 6.07) is 0. The zero-order valence-electron chi connectivity index (χ0n) is 10.9. The van der Waals surface area contributed by atoms with Crippen LogP contribution in [-0.2, 0) is 38.2 Å². The molecule has 0 rings (SSSR count). The Morgan fingerprint density at radius 2 is 0.955 bits per heavy atom. The third-order valence-electron chi connectivity index (χ3n) is 1.69. The van der Waals surface area contributed by atoms with Gasteiger partial charge in [-0.3, -0.25) is 9.59 Å². The van der Waals surface area contributed by atoms with E-state index in [9.17, 15) is 28.8 Å². The van der Waals surface area contributed by atoms with E-state index in [0.29, 0.717) is 24.3 Å². The van der Waals surface area contributed by atoms with Gasteiger partial charge >= 0.3 is 35.8 Å². The number of carboxylic acids is 2. The number of ether oxygens (including phenoxy) is 2. The van der Waals surface area contributed by atoms with Crippen molar-refractivity contribution in [1.29, 1.82) is 0 Å². The first-order valence-corrected chi connectivity index (χ1v) is 5.52. The van der Waals surface area contributed by atoms with Gasteiger partial charge in [0.25, 0.3) is 0 Å². The highest BCUT2D eigenvalue weighted by atomic mass is 16.6. The normalized spacial score (nSPS) is 10.4. The van der Waals surface area contributed by atoms with Gasteiger partial charge in [-0.05, 0) is 0 Å². The topological polar surface area (TPSA) is 161 Å². The van der Waals surface area contributed by atoms with Gasteiger partial charge in [-0.1, -0.05) is 0 Å². The summed E-state index contributed by atoms with van der Waals surface area (Å²) in [6.45, 7) is 0. The summed E-state index contributed by atoms with van der Waals surface area (Å²) in [6.07, 6.45) is 0.717. The van der Waals surface area contributed by atoms with E-state index in [1.807, 2.05) is 0 Å². The van der Waals surface area contributed by atoms with Gasteiger partial charge in [0.15, 0.2) is 0 Å². The van der Waals surface area contributed by atoms with Gasteiger partial charge in [0.05, 0.1) is 12.8 Å². The second-order valence-corrected chi connectivity index (χ2v) is 3.43. The Hall–Kier alpha value is -3.30. The SMILES string of the molecule is O=C(O)C=CC(=O)OC(=O)CCC(=O)OC(=O)C=CC(=O)O. The quantitative estimate of drug-likeness (QED) is 0.345. The number of hydrogen-bond acceptors (Lipinski definition) is 8. The van der Waals surface area contributed by atoms with Crippen LogP contribution >= 0.6 is 0 Å². The number of carboxylic acid groups (broad SMARTS) is 2. The summed E-state index contributed by atoms with van der Waals surface area (Å²) in [7, 11) is 0. The molecule has 0 fully saturated rings. The molecule has 0 aliphatic heterocycles. The van der Waals surface area contributed by atoms with E-state index >= 15 is 0 Å². The average Bonchev–Trinajstić information content (AvgIpc) is 2.40. The Kier molecular flexibility index (Phi) is 8.14. The average molecular weight is 314 g/mol. The molecule has 0 aliphatic rings. The predicted octanol–water partition coefficient (Wildman–Crippen LogP) is -0.812. The van der Waals surface area contributed by atoms with Crippen LogP contribution in [0, 0.1) is 0 Å². The summed E-state index contributed by atoms with van der Waals surface area (Å²) in [4.78, 5) is 64.2. The van der Waals surface area contributed by atoms with Gasteiger partial charge in [-0.2, -0.15) is 0 Å². The van der Waals surface area contributed by atoms with E-state index in [1.165, 1.54) is 0 Å². The molecule has 10 nitrogen and oxygen atoms in total. The highest BCUT2D eigenvalue weighted by molar-refractivity contribution is 5.98. The van der Waals surface area contributed by atoms with Crippen molar-refractivity contribution >= 4 is 35.8 Å². The second kappa shape index (κ2) is 9.58. The van der Waals surface area contributed by atoms with Crippen LogP contribution in [0.3, 0.4) is 0 Å². The number of esters is 4. The third kappa shape index (κ3) is 10.6. The van der Waals surface area contributed by atoms with E-state index in [-0.39, 0.29) is 0 Å². The molecule has 118 valence electrons. The minimum atomic E-state index is -1.42. The van der Waals surface area contributed by atoms with Crippen LogP contribution < -0.4 is 0 Å². The predicted molar refractivity (Wildman–Crippen MR) is 65.0 cm³/mol. The maximum Gasteiger partial charge on any atom is 0.338 e. The molecule has 0 aliphatic carbocycles. The van der Waals surface area contributed by atoms with Crippen LogP contribution in [0.1, 0.15) is 12.8 Å². The number of aliphatic carboxylic acids is 2. The van der Waals surface area contributed by atoms with Crippen molar-refractivity contribution in [2.45, 2.75) is 12.8 Å². The summed E-state index contributed by atoms with van der Waals surface area (Å²) in [5, 5.41) is 16.4. The maximum absolute atomic E-state index is 11.1. The number of rotatable bonds is 7. The molecule has 22 heavy (non-hydrogen) atoms. The van der Waals surface area contributed by atoms with Crippen LogP contribution in [0.15, 0.2) is 24.3 Å². The molecule has 0 aromatic carbocycles. The summed E-state index contributed by atoms with van der Waals surface area (Å²) in [5.74, 6) is -7.57. The molecule has 0 atom stereocenters. The Balaban J connectivity index is 4.12. The van der Waals surface area contributed by atoms with Crippen molar-refractivity contribution in [2.75, 3.05) is 0 Å². The lowest BCUT2D eigenvalue weighted by Gasteiger charge is -2.00. The fourth-order valence-corrected chi connectivity index (χ4v) is 0.877. The van der Waals surface area contributed by atoms with Gasteiger partial charge < -0.3 is 19.7 Å². The van der Waals surface area contributed by atoms with Crippen molar-refractivity contribution in [2.24, 2.45) is 0 Å². The Bertz CT molecular complexity index is 504. The highest BCUT2D eigenvalue weighted by Crippen LogP contribution is 1.98. The Morgan fingerprint density at radius 3 is 1.23 bits per heavy atom. The van der Waals surface area contributed by atoms with Crippen LogP contribution in [0.4, 0.5) is 0 Å². The molecular weight excluding hydrogens is 304 g/mol. The molecule has 10 heteroatoms. The molecule has 0 aromatic heterocycles. The third-order valence-corrected chi connectivity index (χ3v) is 1.69. The van der Waals surface area contributed by atoms with Crippen LogP contribution in [0.5, 0.6) is 0 Å². The molecule has 0 saturated heterocycles. The van der Waals surface area contributed by atoms with E-state index in [2.05, 4.69) is 9.47 Å². The van der Waals surface area contributed by atoms with Gasteiger partial charge in [0, 0.05) is 24.3 Å². The fraction of sp³-hybridized carbons (Fsp3) is 0.167. The minimum Gasteiger partial charge on any atom is -0.478 e. The number of carbonyl (C=O) groups is 6. The summed E-state index contributed by atoms with van der Waals surface area (Å²) in [5.41, 5.74) is 0. The van der Waals surface area contributed by atoms with E-state index in [4.69, 9.17) is 10.2 Å². The van der Waals surface area contributed by atoms with Gasteiger partial charge in [-0.25, -0.2) is 19.2 Å². The van der Waals surface area contributed by atoms with E-state index in [0.717, 1.165) is 0 Å². The van der Waals surface area contributed by atoms with E-state index < -0.39 is 48.7 Å². The molecule has 0 bridgehead atoms. The highest BCUT2D eigenvalue weighted by Gasteiger charge is 2.14. The summed E-state index contributed by atoms with van der Waals surface area (Å²) >= 11 is 0. The van der Waals surface area contributed by atoms with Gasteiger partial charge in [0.2, 0.25) is 0 Å². The van der Waals surface area contributed by atoms with Crippen LogP contribution in [0.25, 0.3) is 0 Å². The van der Waals surface area contributed by atoms with Crippen molar-refractivity contribution in [3.8, 4) is 0 Å². The van der Waals surface area contributed by atoms with E-state index in [1.54, 1.807) is 0 Å². The number of hydrogen-bond donors (Lipinski definition) is 2. The van der Waals surface area contributed by atoms with Gasteiger partial charge in [0.1, 0.15) is 0 Å². The molecule has 0 radical (unpaired) electrons. The van der Waals surface area contributed by atoms with Crippen LogP contribution in [0.2, 0.25) is 0 Å². The fourth-order valence-electron chi connectivity index (χ4n) is 0.877. The zero-order valence-corrected chi connectivity index (χ0v) is 10.9. The Morgan fingerprint density at radius 1 is 0.636 bits per heavy atom. The first-order chi connectivity index (χ1) is 10.2. The minimum absolute atomic E-state index is 0.456. The zero-order chi connectivity index (χ0) is 17.1. The standard InChI is InChI=1S/C12H10O10/c13-7(14)1-3-9(17)21-11(19)5-6-12(20)22-10(18)4-2-8(15)16/h1-4H,5-6H2,(H,13,14)(H,15,16). The number of carbonyl (C=O) groups excluding carboxylic acids is 4. The van der Waals surface area contributed by atoms with Crippen LogP contribution in [-0.4, -0.2) is 46.0 Å². The molecule has 0 unspecified atom stereocenters. The maximum atomic E-state index is 11.1. The lowest BCUT2D eigenvalue weighted by atomic mass is 10.3. The summed E-state index contributed by atoms with van der Waals surface area (Å²) < 4.78 is 8.25. The monoisotopic (exact) mass is 314 g/mol. The van der Waals surface area contributed by atoms with Crippen molar-refractivity contribution in [3.05, 3.63) is 24.3 Å². The van der Waals surface area contributed by atoms with Gasteiger partial charge in [-0.15, -0.1) is 0 Å². The largest absolute Gasteiger partial charge is 0.478 e. The molecule has 0 spiro atoms.